The first-order valence-electron chi connectivity index (χ1n) is 11.3. The van der Waals surface area contributed by atoms with Crippen LogP contribution in [0.1, 0.15) is 22.3 Å². The van der Waals surface area contributed by atoms with Crippen LogP contribution in [-0.2, 0) is 5.41 Å². The zero-order chi connectivity index (χ0) is 21.6. The minimum atomic E-state index is -0.283. The van der Waals surface area contributed by atoms with Crippen molar-refractivity contribution in [3.8, 4) is 11.1 Å². The molecular weight excluding hydrogens is 436 g/mol. The van der Waals surface area contributed by atoms with Gasteiger partial charge >= 0.3 is 0 Å². The van der Waals surface area contributed by atoms with Crippen LogP contribution in [0.4, 0.5) is 0 Å². The average molecular weight is 455 g/mol. The quantitative estimate of drug-likeness (QED) is 0.220. The predicted octanol–water partition coefficient (Wildman–Crippen LogP) is 8.88. The number of hydrogen-bond acceptors (Lipinski definition) is 2. The van der Waals surface area contributed by atoms with E-state index in [1.54, 1.807) is 0 Å². The summed E-state index contributed by atoms with van der Waals surface area (Å²) in [5.41, 5.74) is 8.06. The molecule has 0 amide bonds. The van der Waals surface area contributed by atoms with E-state index in [1.807, 2.05) is 23.1 Å². The number of thiophene rings is 1. The molecule has 2 heterocycles. The van der Waals surface area contributed by atoms with Crippen LogP contribution in [0.15, 0.2) is 119 Å². The maximum absolute atomic E-state index is 2.42. The van der Waals surface area contributed by atoms with Gasteiger partial charge in [0.1, 0.15) is 0 Å². The van der Waals surface area contributed by atoms with Crippen molar-refractivity contribution in [2.75, 3.05) is 0 Å². The van der Waals surface area contributed by atoms with E-state index in [2.05, 4.69) is 109 Å². The molecule has 5 aromatic carbocycles. The third kappa shape index (κ3) is 2.14. The molecule has 0 N–H and O–H groups in total. The maximum Gasteiger partial charge on any atom is 0.0735 e. The van der Waals surface area contributed by atoms with E-state index in [0.29, 0.717) is 0 Å². The summed E-state index contributed by atoms with van der Waals surface area (Å²) in [7, 11) is 0. The highest BCUT2D eigenvalue weighted by molar-refractivity contribution is 8.00. The average Bonchev–Trinajstić information content (AvgIpc) is 3.40. The summed E-state index contributed by atoms with van der Waals surface area (Å²) in [4.78, 5) is 2.78. The molecule has 0 fully saturated rings. The van der Waals surface area contributed by atoms with Crippen molar-refractivity contribution in [1.82, 2.24) is 0 Å². The molecular formula is C31H18S2. The normalized spacial score (nSPS) is 14.8. The fraction of sp³-hybridized carbons (Fsp3) is 0.0323. The molecule has 6 aromatic rings. The fourth-order valence-corrected chi connectivity index (χ4v) is 8.72. The molecule has 0 unspecified atom stereocenters. The molecule has 8 rings (SSSR count). The minimum absolute atomic E-state index is 0.283. The predicted molar refractivity (Wildman–Crippen MR) is 141 cm³/mol. The van der Waals surface area contributed by atoms with Crippen LogP contribution >= 0.6 is 23.1 Å². The summed E-state index contributed by atoms with van der Waals surface area (Å²) in [6.45, 7) is 0. The van der Waals surface area contributed by atoms with Crippen LogP contribution in [0.2, 0.25) is 0 Å². The summed E-state index contributed by atoms with van der Waals surface area (Å²) < 4.78 is 2.77. The van der Waals surface area contributed by atoms with Crippen LogP contribution < -0.4 is 0 Å². The van der Waals surface area contributed by atoms with E-state index >= 15 is 0 Å². The van der Waals surface area contributed by atoms with Gasteiger partial charge in [0.05, 0.1) is 5.41 Å². The zero-order valence-electron chi connectivity index (χ0n) is 17.7. The topological polar surface area (TPSA) is 0 Å². The second-order valence-corrected chi connectivity index (χ2v) is 11.0. The Balaban J connectivity index is 1.60. The van der Waals surface area contributed by atoms with E-state index in [1.165, 1.54) is 63.3 Å². The molecule has 0 saturated carbocycles. The Morgan fingerprint density at radius 3 is 1.91 bits per heavy atom. The summed E-state index contributed by atoms with van der Waals surface area (Å²) in [6, 6.07) is 40.7. The summed E-state index contributed by atoms with van der Waals surface area (Å²) in [6.07, 6.45) is 0. The molecule has 154 valence electrons. The number of fused-ring (bicyclic) bond motifs is 13. The summed E-state index contributed by atoms with van der Waals surface area (Å²) in [5, 5.41) is 2.73. The van der Waals surface area contributed by atoms with E-state index in [0.717, 1.165) is 0 Å². The largest absolute Gasteiger partial charge is 0.134 e. The monoisotopic (exact) mass is 454 g/mol. The third-order valence-corrected chi connectivity index (χ3v) is 9.90. The molecule has 0 saturated heterocycles. The molecule has 2 heteroatoms. The van der Waals surface area contributed by atoms with Crippen molar-refractivity contribution < 1.29 is 0 Å². The summed E-state index contributed by atoms with van der Waals surface area (Å²) in [5.74, 6) is 0. The Morgan fingerprint density at radius 1 is 0.485 bits per heavy atom. The van der Waals surface area contributed by atoms with Crippen molar-refractivity contribution in [1.29, 1.82) is 0 Å². The fourth-order valence-electron chi connectivity index (χ4n) is 6.10. The molecule has 2 aliphatic rings. The lowest BCUT2D eigenvalue weighted by molar-refractivity contribution is 0.726. The lowest BCUT2D eigenvalue weighted by atomic mass is 9.67. The lowest BCUT2D eigenvalue weighted by Gasteiger charge is -2.39. The van der Waals surface area contributed by atoms with Gasteiger partial charge < -0.3 is 0 Å². The highest BCUT2D eigenvalue weighted by Crippen LogP contribution is 2.63. The standard InChI is InChI=1S/C31H18S2/c1-4-12-23-19(9-1)20-10-2-5-13-24(20)31(23)25-14-6-8-16-28(25)33-30-26(31)18-17-22-21-11-3-7-15-27(21)32-29(22)30/h1-18H. The highest BCUT2D eigenvalue weighted by Gasteiger charge is 2.50. The molecule has 0 bridgehead atoms. The molecule has 0 radical (unpaired) electrons. The number of hydrogen-bond donors (Lipinski definition) is 0. The molecule has 1 spiro atoms. The van der Waals surface area contributed by atoms with Crippen LogP contribution in [0.5, 0.6) is 0 Å². The van der Waals surface area contributed by atoms with Gasteiger partial charge in [-0.2, -0.15) is 0 Å². The first-order valence-corrected chi connectivity index (χ1v) is 12.9. The van der Waals surface area contributed by atoms with Gasteiger partial charge in [0.15, 0.2) is 0 Å². The van der Waals surface area contributed by atoms with Gasteiger partial charge in [-0.25, -0.2) is 0 Å². The Morgan fingerprint density at radius 2 is 1.12 bits per heavy atom. The number of benzene rings is 5. The Labute approximate surface area is 200 Å². The van der Waals surface area contributed by atoms with Crippen LogP contribution in [0.25, 0.3) is 31.3 Å². The number of rotatable bonds is 0. The second-order valence-electron chi connectivity index (χ2n) is 8.86. The molecule has 0 nitrogen and oxygen atoms in total. The molecule has 0 atom stereocenters. The first-order chi connectivity index (χ1) is 16.4. The highest BCUT2D eigenvalue weighted by atomic mass is 32.2. The third-order valence-electron chi connectivity index (χ3n) is 7.36. The van der Waals surface area contributed by atoms with Gasteiger partial charge in [0.25, 0.3) is 0 Å². The second kappa shape index (κ2) is 6.38. The van der Waals surface area contributed by atoms with Crippen LogP contribution in [-0.4, -0.2) is 0 Å². The van der Waals surface area contributed by atoms with Gasteiger partial charge in [-0.3, -0.25) is 0 Å². The van der Waals surface area contributed by atoms with E-state index in [9.17, 15) is 0 Å². The molecule has 1 aromatic heterocycles. The SMILES string of the molecule is c1ccc2c(c1)Sc1c(ccc3c1sc1ccccc13)C21c2ccccc2-c2ccccc21. The molecule has 1 aliphatic heterocycles. The van der Waals surface area contributed by atoms with Gasteiger partial charge in [0.2, 0.25) is 0 Å². The molecule has 1 aliphatic carbocycles. The van der Waals surface area contributed by atoms with Crippen LogP contribution in [0, 0.1) is 0 Å². The van der Waals surface area contributed by atoms with Crippen molar-refractivity contribution in [2.24, 2.45) is 0 Å². The van der Waals surface area contributed by atoms with Crippen molar-refractivity contribution in [3.63, 3.8) is 0 Å². The summed E-state index contributed by atoms with van der Waals surface area (Å²) >= 11 is 3.88. The first kappa shape index (κ1) is 18.1. The lowest BCUT2D eigenvalue weighted by Crippen LogP contribution is -2.31. The van der Waals surface area contributed by atoms with Gasteiger partial charge in [-0.1, -0.05) is 109 Å². The van der Waals surface area contributed by atoms with Gasteiger partial charge in [-0.15, -0.1) is 11.3 Å². The van der Waals surface area contributed by atoms with Crippen molar-refractivity contribution in [3.05, 3.63) is 131 Å². The van der Waals surface area contributed by atoms with Gasteiger partial charge in [-0.05, 0) is 45.5 Å². The van der Waals surface area contributed by atoms with Crippen molar-refractivity contribution >= 4 is 43.3 Å². The van der Waals surface area contributed by atoms with E-state index < -0.39 is 0 Å². The zero-order valence-corrected chi connectivity index (χ0v) is 19.3. The Bertz CT molecular complexity index is 1710. The smallest absolute Gasteiger partial charge is 0.0735 e. The van der Waals surface area contributed by atoms with Crippen LogP contribution in [0.3, 0.4) is 0 Å². The van der Waals surface area contributed by atoms with E-state index in [4.69, 9.17) is 0 Å². The van der Waals surface area contributed by atoms with E-state index in [-0.39, 0.29) is 5.41 Å². The minimum Gasteiger partial charge on any atom is -0.134 e. The van der Waals surface area contributed by atoms with Crippen molar-refractivity contribution in [2.45, 2.75) is 15.2 Å². The maximum atomic E-state index is 2.42. The Kier molecular flexibility index (Phi) is 3.50. The Hall–Kier alpha value is -3.33. The van der Waals surface area contributed by atoms with Gasteiger partial charge in [0, 0.05) is 30.0 Å². The molecule has 33 heavy (non-hydrogen) atoms.